The third kappa shape index (κ3) is 6.57. The van der Waals surface area contributed by atoms with Crippen LogP contribution in [0, 0.1) is 5.82 Å². The van der Waals surface area contributed by atoms with Gasteiger partial charge in [-0.1, -0.05) is 18.2 Å². The van der Waals surface area contributed by atoms with E-state index in [1.165, 1.54) is 19.2 Å². The van der Waals surface area contributed by atoms with Crippen LogP contribution in [-0.4, -0.2) is 62.5 Å². The first kappa shape index (κ1) is 22.8. The lowest BCUT2D eigenvalue weighted by Crippen LogP contribution is -2.46. The molecule has 1 unspecified atom stereocenters. The van der Waals surface area contributed by atoms with Crippen LogP contribution in [0.1, 0.15) is 24.1 Å². The lowest BCUT2D eigenvalue weighted by Gasteiger charge is -2.35. The first-order chi connectivity index (χ1) is 15.1. The lowest BCUT2D eigenvalue weighted by atomic mass is 10.0. The number of halogens is 1. The van der Waals surface area contributed by atoms with Crippen molar-refractivity contribution in [3.63, 3.8) is 0 Å². The zero-order chi connectivity index (χ0) is 22.1. The van der Waals surface area contributed by atoms with Gasteiger partial charge >= 0.3 is 0 Å². The second-order valence-corrected chi connectivity index (χ2v) is 7.30. The Bertz CT molecular complexity index is 854. The number of nitrogens with one attached hydrogen (secondary N) is 2. The fourth-order valence-corrected chi connectivity index (χ4v) is 3.57. The van der Waals surface area contributed by atoms with E-state index in [4.69, 9.17) is 9.47 Å². The quantitative estimate of drug-likeness (QED) is 0.442. The van der Waals surface area contributed by atoms with Gasteiger partial charge in [0.25, 0.3) is 0 Å². The Balaban J connectivity index is 1.70. The van der Waals surface area contributed by atoms with Gasteiger partial charge in [-0.05, 0) is 42.3 Å². The van der Waals surface area contributed by atoms with Crippen LogP contribution < -0.4 is 15.4 Å². The van der Waals surface area contributed by atoms with Crippen LogP contribution in [-0.2, 0) is 11.3 Å². The SMILES string of the molecule is CCNC(=NCc1ccc(OC)c(O)c1)NCC(c1ccc(F)cc1)N1CCOCC1. The minimum absolute atomic E-state index is 0.0680. The number of hydrogen-bond acceptors (Lipinski definition) is 5. The molecule has 168 valence electrons. The maximum atomic E-state index is 13.4. The first-order valence-electron chi connectivity index (χ1n) is 10.6. The van der Waals surface area contributed by atoms with Gasteiger partial charge in [0.2, 0.25) is 0 Å². The summed E-state index contributed by atoms with van der Waals surface area (Å²) in [5.74, 6) is 0.968. The van der Waals surface area contributed by atoms with Gasteiger partial charge in [0.15, 0.2) is 17.5 Å². The van der Waals surface area contributed by atoms with Crippen LogP contribution in [0.3, 0.4) is 0 Å². The monoisotopic (exact) mass is 430 g/mol. The maximum Gasteiger partial charge on any atom is 0.191 e. The summed E-state index contributed by atoms with van der Waals surface area (Å²) in [4.78, 5) is 6.99. The highest BCUT2D eigenvalue weighted by Gasteiger charge is 2.23. The topological polar surface area (TPSA) is 78.4 Å². The van der Waals surface area contributed by atoms with Crippen molar-refractivity contribution in [2.45, 2.75) is 19.5 Å². The van der Waals surface area contributed by atoms with Gasteiger partial charge in [0.1, 0.15) is 5.82 Å². The van der Waals surface area contributed by atoms with Crippen molar-refractivity contribution < 1.29 is 19.0 Å². The van der Waals surface area contributed by atoms with E-state index in [1.54, 1.807) is 12.1 Å². The van der Waals surface area contributed by atoms with Gasteiger partial charge in [-0.3, -0.25) is 4.90 Å². The molecule has 7 nitrogen and oxygen atoms in total. The summed E-state index contributed by atoms with van der Waals surface area (Å²) in [6, 6.07) is 12.0. The van der Waals surface area contributed by atoms with Gasteiger partial charge in [-0.15, -0.1) is 0 Å². The number of ether oxygens (including phenoxy) is 2. The number of methoxy groups -OCH3 is 1. The minimum atomic E-state index is -0.241. The Morgan fingerprint density at radius 2 is 1.94 bits per heavy atom. The Morgan fingerprint density at radius 1 is 1.19 bits per heavy atom. The molecule has 0 spiro atoms. The Kier molecular flexibility index (Phi) is 8.49. The molecule has 0 aliphatic carbocycles. The van der Waals surface area contributed by atoms with E-state index in [0.717, 1.165) is 30.8 Å². The molecular weight excluding hydrogens is 399 g/mol. The lowest BCUT2D eigenvalue weighted by molar-refractivity contribution is 0.0170. The van der Waals surface area contributed by atoms with Crippen LogP contribution in [0.5, 0.6) is 11.5 Å². The molecule has 1 atom stereocenters. The fraction of sp³-hybridized carbons (Fsp3) is 0.435. The highest BCUT2D eigenvalue weighted by Crippen LogP contribution is 2.26. The van der Waals surface area contributed by atoms with E-state index in [9.17, 15) is 9.50 Å². The Morgan fingerprint density at radius 3 is 2.58 bits per heavy atom. The molecule has 0 radical (unpaired) electrons. The van der Waals surface area contributed by atoms with Gasteiger partial charge < -0.3 is 25.2 Å². The molecule has 3 rings (SSSR count). The van der Waals surface area contributed by atoms with Gasteiger partial charge in [-0.25, -0.2) is 9.38 Å². The number of phenolic OH excluding ortho intramolecular Hbond substituents is 1. The molecule has 0 amide bonds. The van der Waals surface area contributed by atoms with E-state index < -0.39 is 0 Å². The van der Waals surface area contributed by atoms with Crippen LogP contribution in [0.2, 0.25) is 0 Å². The molecule has 2 aromatic carbocycles. The smallest absolute Gasteiger partial charge is 0.191 e. The summed E-state index contributed by atoms with van der Waals surface area (Å²) >= 11 is 0. The van der Waals surface area contributed by atoms with Crippen molar-refractivity contribution in [3.05, 3.63) is 59.4 Å². The highest BCUT2D eigenvalue weighted by molar-refractivity contribution is 5.79. The zero-order valence-corrected chi connectivity index (χ0v) is 18.1. The number of guanidine groups is 1. The second-order valence-electron chi connectivity index (χ2n) is 7.30. The average molecular weight is 431 g/mol. The summed E-state index contributed by atoms with van der Waals surface area (Å²) in [6.45, 7) is 6.77. The predicted octanol–water partition coefficient (Wildman–Crippen LogP) is 2.67. The van der Waals surface area contributed by atoms with Crippen molar-refractivity contribution in [1.29, 1.82) is 0 Å². The van der Waals surface area contributed by atoms with E-state index in [2.05, 4.69) is 20.5 Å². The molecule has 0 bridgehead atoms. The number of aliphatic imine (C=N–C) groups is 1. The maximum absolute atomic E-state index is 13.4. The summed E-state index contributed by atoms with van der Waals surface area (Å²) in [5.41, 5.74) is 1.92. The molecular formula is C23H31FN4O3. The fourth-order valence-electron chi connectivity index (χ4n) is 3.57. The average Bonchev–Trinajstić information content (AvgIpc) is 2.79. The summed E-state index contributed by atoms with van der Waals surface area (Å²) in [7, 11) is 1.52. The number of nitrogens with zero attached hydrogens (tertiary/aromatic N) is 2. The van der Waals surface area contributed by atoms with Crippen LogP contribution in [0.25, 0.3) is 0 Å². The van der Waals surface area contributed by atoms with Crippen molar-refractivity contribution in [2.75, 3.05) is 46.5 Å². The number of phenols is 1. The van der Waals surface area contributed by atoms with E-state index >= 15 is 0 Å². The van der Waals surface area contributed by atoms with E-state index in [1.807, 2.05) is 25.1 Å². The van der Waals surface area contributed by atoms with Crippen LogP contribution in [0.4, 0.5) is 4.39 Å². The van der Waals surface area contributed by atoms with Gasteiger partial charge in [-0.2, -0.15) is 0 Å². The molecule has 0 saturated carbocycles. The van der Waals surface area contributed by atoms with Gasteiger partial charge in [0, 0.05) is 26.2 Å². The zero-order valence-electron chi connectivity index (χ0n) is 18.1. The third-order valence-corrected chi connectivity index (χ3v) is 5.21. The molecule has 8 heteroatoms. The third-order valence-electron chi connectivity index (χ3n) is 5.21. The molecule has 3 N–H and O–H groups in total. The van der Waals surface area contributed by atoms with Gasteiger partial charge in [0.05, 0.1) is 32.9 Å². The molecule has 31 heavy (non-hydrogen) atoms. The number of benzene rings is 2. The van der Waals surface area contributed by atoms with Crippen LogP contribution >= 0.6 is 0 Å². The molecule has 1 aliphatic rings. The molecule has 1 fully saturated rings. The van der Waals surface area contributed by atoms with Crippen molar-refractivity contribution >= 4 is 5.96 Å². The minimum Gasteiger partial charge on any atom is -0.504 e. The number of aromatic hydroxyl groups is 1. The number of rotatable bonds is 8. The van der Waals surface area contributed by atoms with E-state index in [0.29, 0.717) is 38.0 Å². The summed E-state index contributed by atoms with van der Waals surface area (Å²) in [6.07, 6.45) is 0. The molecule has 1 heterocycles. The van der Waals surface area contributed by atoms with Crippen molar-refractivity contribution in [3.8, 4) is 11.5 Å². The summed E-state index contributed by atoms with van der Waals surface area (Å²) < 4.78 is 24.0. The van der Waals surface area contributed by atoms with Crippen molar-refractivity contribution in [1.82, 2.24) is 15.5 Å². The molecule has 0 aromatic heterocycles. The molecule has 2 aromatic rings. The standard InChI is InChI=1S/C23H31FN4O3/c1-3-25-23(26-15-17-4-9-22(30-2)21(29)14-17)27-16-20(28-10-12-31-13-11-28)18-5-7-19(24)8-6-18/h4-9,14,20,29H,3,10-13,15-16H2,1-2H3,(H2,25,26,27). The summed E-state index contributed by atoms with van der Waals surface area (Å²) in [5, 5.41) is 16.7. The second kappa shape index (κ2) is 11.5. The number of hydrogen-bond donors (Lipinski definition) is 3. The first-order valence-corrected chi connectivity index (χ1v) is 10.6. The largest absolute Gasteiger partial charge is 0.504 e. The molecule has 1 saturated heterocycles. The Hall–Kier alpha value is -2.84. The molecule has 1 aliphatic heterocycles. The number of morpholine rings is 1. The van der Waals surface area contributed by atoms with E-state index in [-0.39, 0.29) is 17.6 Å². The normalized spacial score (nSPS) is 16.0. The Labute approximate surface area is 182 Å². The predicted molar refractivity (Wildman–Crippen MR) is 119 cm³/mol. The van der Waals surface area contributed by atoms with Crippen LogP contribution in [0.15, 0.2) is 47.5 Å². The highest BCUT2D eigenvalue weighted by atomic mass is 19.1. The van der Waals surface area contributed by atoms with Crippen molar-refractivity contribution in [2.24, 2.45) is 4.99 Å².